The van der Waals surface area contributed by atoms with Crippen molar-refractivity contribution in [2.24, 2.45) is 0 Å². The molecule has 0 unspecified atom stereocenters. The molecule has 24 heavy (non-hydrogen) atoms. The second-order valence-corrected chi connectivity index (χ2v) is 6.57. The highest BCUT2D eigenvalue weighted by Crippen LogP contribution is 2.19. The molecule has 1 N–H and O–H groups in total. The maximum atomic E-state index is 12.1. The number of nitrogens with one attached hydrogen (secondary N) is 1. The normalized spacial score (nSPS) is 14.8. The molecule has 2 aromatic heterocycles. The van der Waals surface area contributed by atoms with Gasteiger partial charge in [0.25, 0.3) is 0 Å². The van der Waals surface area contributed by atoms with Crippen molar-refractivity contribution in [1.29, 1.82) is 0 Å². The van der Waals surface area contributed by atoms with E-state index in [9.17, 15) is 4.79 Å². The van der Waals surface area contributed by atoms with Crippen LogP contribution in [0.2, 0.25) is 0 Å². The molecule has 8 heteroatoms. The van der Waals surface area contributed by atoms with Crippen LogP contribution in [-0.2, 0) is 24.2 Å². The first kappa shape index (κ1) is 16.6. The van der Waals surface area contributed by atoms with Crippen LogP contribution >= 0.6 is 0 Å². The number of carbonyl (C=O) groups is 1. The van der Waals surface area contributed by atoms with E-state index in [0.29, 0.717) is 31.0 Å². The number of aromatic nitrogens is 5. The number of hydrogen-bond donors (Lipinski definition) is 1. The summed E-state index contributed by atoms with van der Waals surface area (Å²) in [6.45, 7) is 6.92. The Hall–Kier alpha value is -2.25. The zero-order valence-electron chi connectivity index (χ0n) is 14.4. The summed E-state index contributed by atoms with van der Waals surface area (Å²) >= 11 is 0. The van der Waals surface area contributed by atoms with Crippen molar-refractivity contribution in [3.63, 3.8) is 0 Å². The van der Waals surface area contributed by atoms with Crippen molar-refractivity contribution in [2.45, 2.75) is 71.4 Å². The van der Waals surface area contributed by atoms with Crippen molar-refractivity contribution in [2.75, 3.05) is 0 Å². The van der Waals surface area contributed by atoms with Gasteiger partial charge in [-0.25, -0.2) is 0 Å². The first-order valence-electron chi connectivity index (χ1n) is 8.58. The molecule has 0 radical (unpaired) electrons. The first-order chi connectivity index (χ1) is 11.5. The average molecular weight is 332 g/mol. The molecule has 1 atom stereocenters. The summed E-state index contributed by atoms with van der Waals surface area (Å²) < 4.78 is 7.29. The molecule has 3 rings (SSSR count). The fraction of sp³-hybridized carbons (Fsp3) is 0.688. The number of fused-ring (bicyclic) bond motifs is 1. The number of rotatable bonds is 7. The highest BCUT2D eigenvalue weighted by molar-refractivity contribution is 5.76. The minimum atomic E-state index is -0.132. The van der Waals surface area contributed by atoms with Gasteiger partial charge in [0, 0.05) is 31.7 Å². The van der Waals surface area contributed by atoms with E-state index in [-0.39, 0.29) is 17.9 Å². The monoisotopic (exact) mass is 332 g/mol. The van der Waals surface area contributed by atoms with Crippen molar-refractivity contribution < 1.29 is 9.32 Å². The molecule has 3 heterocycles. The number of amides is 1. The zero-order chi connectivity index (χ0) is 17.1. The van der Waals surface area contributed by atoms with Crippen LogP contribution in [0.5, 0.6) is 0 Å². The molecule has 0 spiro atoms. The lowest BCUT2D eigenvalue weighted by atomic mass is 10.2. The van der Waals surface area contributed by atoms with Crippen molar-refractivity contribution in [3.05, 3.63) is 23.4 Å². The molecule has 0 bridgehead atoms. The maximum absolute atomic E-state index is 12.1. The Morgan fingerprint density at radius 1 is 1.33 bits per heavy atom. The van der Waals surface area contributed by atoms with Gasteiger partial charge in [-0.2, -0.15) is 4.98 Å². The van der Waals surface area contributed by atoms with Crippen LogP contribution in [0.15, 0.2) is 4.52 Å². The third-order valence-corrected chi connectivity index (χ3v) is 4.20. The molecule has 8 nitrogen and oxygen atoms in total. The van der Waals surface area contributed by atoms with Gasteiger partial charge in [-0.05, 0) is 19.8 Å². The fourth-order valence-corrected chi connectivity index (χ4v) is 2.88. The zero-order valence-corrected chi connectivity index (χ0v) is 14.4. The quantitative estimate of drug-likeness (QED) is 0.832. The van der Waals surface area contributed by atoms with Crippen LogP contribution in [0.1, 0.15) is 75.4 Å². The van der Waals surface area contributed by atoms with E-state index >= 15 is 0 Å². The Morgan fingerprint density at radius 3 is 2.92 bits per heavy atom. The van der Waals surface area contributed by atoms with Gasteiger partial charge in [-0.15, -0.1) is 10.2 Å². The number of hydrogen-bond acceptors (Lipinski definition) is 6. The lowest BCUT2D eigenvalue weighted by molar-refractivity contribution is -0.121. The summed E-state index contributed by atoms with van der Waals surface area (Å²) in [6, 6.07) is -0.132. The molecule has 1 aliphatic heterocycles. The predicted octanol–water partition coefficient (Wildman–Crippen LogP) is 1.93. The molecular weight excluding hydrogens is 308 g/mol. The topological polar surface area (TPSA) is 98.7 Å². The standard InChI is InChI=1S/C16H24N6O2/c1-10(2)15-18-14(24-21-15)8-4-7-13(23)17-11(3)16-20-19-12-6-5-9-22(12)16/h10-11H,4-9H2,1-3H3,(H,17,23)/t11-/m0/s1. The highest BCUT2D eigenvalue weighted by Gasteiger charge is 2.22. The van der Waals surface area contributed by atoms with Crippen LogP contribution in [0, 0.1) is 0 Å². The number of aryl methyl sites for hydroxylation is 2. The minimum absolute atomic E-state index is 0.00134. The molecule has 130 valence electrons. The van der Waals surface area contributed by atoms with Gasteiger partial charge in [-0.1, -0.05) is 19.0 Å². The fourth-order valence-electron chi connectivity index (χ4n) is 2.88. The Balaban J connectivity index is 1.45. The van der Waals surface area contributed by atoms with Crippen LogP contribution in [0.4, 0.5) is 0 Å². The highest BCUT2D eigenvalue weighted by atomic mass is 16.5. The molecule has 0 aliphatic carbocycles. The second-order valence-electron chi connectivity index (χ2n) is 6.57. The Bertz CT molecular complexity index is 705. The molecule has 1 aliphatic rings. The molecule has 0 fully saturated rings. The second kappa shape index (κ2) is 7.11. The van der Waals surface area contributed by atoms with E-state index in [1.165, 1.54) is 0 Å². The average Bonchev–Trinajstić information content (AvgIpc) is 3.23. The van der Waals surface area contributed by atoms with Crippen LogP contribution in [0.25, 0.3) is 0 Å². The Kier molecular flexibility index (Phi) is 4.92. The molecule has 1 amide bonds. The maximum Gasteiger partial charge on any atom is 0.226 e. The van der Waals surface area contributed by atoms with Gasteiger partial charge >= 0.3 is 0 Å². The van der Waals surface area contributed by atoms with Crippen LogP contribution in [0.3, 0.4) is 0 Å². The lowest BCUT2D eigenvalue weighted by Gasteiger charge is -2.13. The third-order valence-electron chi connectivity index (χ3n) is 4.20. The lowest BCUT2D eigenvalue weighted by Crippen LogP contribution is -2.28. The van der Waals surface area contributed by atoms with Gasteiger partial charge in [0.15, 0.2) is 11.6 Å². The summed E-state index contributed by atoms with van der Waals surface area (Å²) in [6.07, 6.45) is 3.78. The van der Waals surface area contributed by atoms with Gasteiger partial charge in [0.2, 0.25) is 11.8 Å². The summed E-state index contributed by atoms with van der Waals surface area (Å²) in [7, 11) is 0. The van der Waals surface area contributed by atoms with Crippen molar-refractivity contribution in [1.82, 2.24) is 30.2 Å². The minimum Gasteiger partial charge on any atom is -0.346 e. The Morgan fingerprint density at radius 2 is 2.17 bits per heavy atom. The summed E-state index contributed by atoms with van der Waals surface area (Å²) in [4.78, 5) is 16.4. The summed E-state index contributed by atoms with van der Waals surface area (Å²) in [5.41, 5.74) is 0. The third kappa shape index (κ3) is 3.63. The van der Waals surface area contributed by atoms with Crippen LogP contribution in [-0.4, -0.2) is 30.8 Å². The van der Waals surface area contributed by atoms with Gasteiger partial charge < -0.3 is 14.4 Å². The molecule has 2 aromatic rings. The SMILES string of the molecule is CC(C)c1noc(CCCC(=O)N[C@@H](C)c2nnc3n2CCC3)n1. The van der Waals surface area contributed by atoms with E-state index < -0.39 is 0 Å². The van der Waals surface area contributed by atoms with Gasteiger partial charge in [0.05, 0.1) is 6.04 Å². The van der Waals surface area contributed by atoms with Crippen molar-refractivity contribution >= 4 is 5.91 Å². The van der Waals surface area contributed by atoms with Crippen molar-refractivity contribution in [3.8, 4) is 0 Å². The molecule has 0 saturated heterocycles. The van der Waals surface area contributed by atoms with E-state index in [1.807, 2.05) is 20.8 Å². The van der Waals surface area contributed by atoms with E-state index in [2.05, 4.69) is 30.2 Å². The van der Waals surface area contributed by atoms with E-state index in [1.54, 1.807) is 0 Å². The number of nitrogens with zero attached hydrogens (tertiary/aromatic N) is 5. The first-order valence-corrected chi connectivity index (χ1v) is 8.58. The van der Waals surface area contributed by atoms with Gasteiger partial charge in [0.1, 0.15) is 5.82 Å². The summed E-state index contributed by atoms with van der Waals surface area (Å²) in [5.74, 6) is 3.41. The van der Waals surface area contributed by atoms with Crippen LogP contribution < -0.4 is 5.32 Å². The van der Waals surface area contributed by atoms with E-state index in [0.717, 1.165) is 31.0 Å². The smallest absolute Gasteiger partial charge is 0.226 e. The Labute approximate surface area is 141 Å². The van der Waals surface area contributed by atoms with Gasteiger partial charge in [-0.3, -0.25) is 4.79 Å². The predicted molar refractivity (Wildman–Crippen MR) is 86.2 cm³/mol. The van der Waals surface area contributed by atoms with E-state index in [4.69, 9.17) is 4.52 Å². The molecule has 0 aromatic carbocycles. The molecule has 0 saturated carbocycles. The largest absolute Gasteiger partial charge is 0.346 e. The summed E-state index contributed by atoms with van der Waals surface area (Å²) in [5, 5.41) is 15.3. The number of carbonyl (C=O) groups excluding carboxylic acids is 1. The molecular formula is C16H24N6O2.